The molecule has 3 rings (SSSR count). The van der Waals surface area contributed by atoms with Gasteiger partial charge >= 0.3 is 13.5 Å². The largest absolute Gasteiger partial charge is 0.473 e. The van der Waals surface area contributed by atoms with Crippen molar-refractivity contribution in [3.63, 3.8) is 0 Å². The van der Waals surface area contributed by atoms with Crippen molar-refractivity contribution in [3.8, 4) is 0 Å². The van der Waals surface area contributed by atoms with Crippen LogP contribution >= 0.6 is 7.82 Å². The van der Waals surface area contributed by atoms with Crippen molar-refractivity contribution in [1.82, 2.24) is 9.55 Å². The summed E-state index contributed by atoms with van der Waals surface area (Å²) in [6.07, 6.45) is -0.557. The molecular formula is C19H32N3O7P. The van der Waals surface area contributed by atoms with Gasteiger partial charge in [0.2, 0.25) is 0 Å². The summed E-state index contributed by atoms with van der Waals surface area (Å²) >= 11 is 0. The van der Waals surface area contributed by atoms with Crippen LogP contribution in [0.1, 0.15) is 59.8 Å². The average Bonchev–Trinajstić information content (AvgIpc) is 2.96. The number of nitrogens with two attached hydrogens (primary N) is 1. The fraction of sp³-hybridized carbons (Fsp3) is 0.789. The number of anilines is 1. The van der Waals surface area contributed by atoms with E-state index in [9.17, 15) is 14.3 Å². The lowest BCUT2D eigenvalue weighted by Gasteiger charge is -2.37. The number of phosphoric acid groups is 1. The average molecular weight is 445 g/mol. The molecule has 0 saturated carbocycles. The Morgan fingerprint density at radius 1 is 1.37 bits per heavy atom. The van der Waals surface area contributed by atoms with Gasteiger partial charge in [-0.1, -0.05) is 20.8 Å². The first kappa shape index (κ1) is 23.4. The minimum Gasteiger partial charge on any atom is -0.383 e. The van der Waals surface area contributed by atoms with Crippen LogP contribution in [-0.4, -0.2) is 44.5 Å². The van der Waals surface area contributed by atoms with E-state index in [1.165, 1.54) is 4.57 Å². The second kappa shape index (κ2) is 7.39. The minimum atomic E-state index is -4.44. The van der Waals surface area contributed by atoms with Gasteiger partial charge in [0.15, 0.2) is 6.23 Å². The zero-order valence-electron chi connectivity index (χ0n) is 18.5. The maximum absolute atomic E-state index is 12.7. The lowest BCUT2D eigenvalue weighted by molar-refractivity contribution is -0.184. The van der Waals surface area contributed by atoms with Gasteiger partial charge in [0.05, 0.1) is 12.2 Å². The van der Waals surface area contributed by atoms with Crippen LogP contribution in [0, 0.1) is 12.3 Å². The van der Waals surface area contributed by atoms with E-state index in [-0.39, 0.29) is 17.8 Å². The number of hydrogen-bond donors (Lipinski definition) is 2. The van der Waals surface area contributed by atoms with Gasteiger partial charge in [0, 0.05) is 11.8 Å². The summed E-state index contributed by atoms with van der Waals surface area (Å²) in [5.74, 6) is 0.135. The molecule has 2 unspecified atom stereocenters. The Kier molecular flexibility index (Phi) is 5.76. The number of fused-ring (bicyclic) bond motifs is 2. The number of phosphoric ester groups is 1. The van der Waals surface area contributed by atoms with Crippen LogP contribution in [-0.2, 0) is 23.1 Å². The van der Waals surface area contributed by atoms with Crippen molar-refractivity contribution in [3.05, 3.63) is 22.2 Å². The summed E-state index contributed by atoms with van der Waals surface area (Å²) in [6.45, 7) is 12.9. The zero-order valence-corrected chi connectivity index (χ0v) is 19.4. The van der Waals surface area contributed by atoms with Gasteiger partial charge in [-0.05, 0) is 39.5 Å². The Morgan fingerprint density at radius 2 is 2.00 bits per heavy atom. The SMILES string of the molecule is Cc1cn([C@@H]2O[C@@]3(CC(C)(C)C)COC2[C@H]3OP(=O)(O)OC(C)(C)C)c(=O)nc1N. The molecule has 0 amide bonds. The summed E-state index contributed by atoms with van der Waals surface area (Å²) in [6, 6.07) is 0. The molecule has 0 aromatic carbocycles. The van der Waals surface area contributed by atoms with Crippen LogP contribution in [0.5, 0.6) is 0 Å². The Morgan fingerprint density at radius 3 is 2.57 bits per heavy atom. The van der Waals surface area contributed by atoms with Crippen molar-refractivity contribution in [2.75, 3.05) is 12.3 Å². The summed E-state index contributed by atoms with van der Waals surface area (Å²) in [4.78, 5) is 26.7. The summed E-state index contributed by atoms with van der Waals surface area (Å²) in [7, 11) is -4.44. The van der Waals surface area contributed by atoms with Crippen molar-refractivity contribution in [2.45, 2.75) is 84.5 Å². The maximum atomic E-state index is 12.7. The molecule has 0 aliphatic carbocycles. The Hall–Kier alpha value is -1.29. The predicted octanol–water partition coefficient (Wildman–Crippen LogP) is 2.54. The number of nitrogen functional groups attached to an aromatic ring is 1. The number of ether oxygens (including phenoxy) is 2. The molecule has 0 radical (unpaired) electrons. The van der Waals surface area contributed by atoms with Gasteiger partial charge in [-0.3, -0.25) is 13.6 Å². The Balaban J connectivity index is 2.00. The van der Waals surface area contributed by atoms with E-state index in [2.05, 4.69) is 4.98 Å². The third-order valence-corrected chi connectivity index (χ3v) is 6.16. The third kappa shape index (κ3) is 4.79. The smallest absolute Gasteiger partial charge is 0.383 e. The van der Waals surface area contributed by atoms with E-state index in [0.29, 0.717) is 12.0 Å². The van der Waals surface area contributed by atoms with Crippen LogP contribution in [0.2, 0.25) is 0 Å². The molecule has 11 heteroatoms. The quantitative estimate of drug-likeness (QED) is 0.655. The standard InChI is InChI=1S/C19H32N3O7P/c1-11-8-22(16(23)21-14(11)20)15-12-13(28-30(24,25)29-18(5,6)7)19(27-15,10-26-12)9-17(2,3)4/h8,12-13,15H,9-10H2,1-7H3,(H,24,25)(H2,20,21,23)/t12?,13-,15-,19+/m1/s1. The first-order valence-corrected chi connectivity index (χ1v) is 11.4. The Labute approximate surface area is 176 Å². The topological polar surface area (TPSA) is 135 Å². The highest BCUT2D eigenvalue weighted by Gasteiger charge is 2.65. The van der Waals surface area contributed by atoms with Gasteiger partial charge in [-0.15, -0.1) is 0 Å². The lowest BCUT2D eigenvalue weighted by Crippen LogP contribution is -2.45. The van der Waals surface area contributed by atoms with Crippen LogP contribution in [0.4, 0.5) is 5.82 Å². The molecule has 10 nitrogen and oxygen atoms in total. The normalized spacial score (nSPS) is 31.1. The number of aryl methyl sites for hydroxylation is 1. The molecule has 2 fully saturated rings. The molecule has 1 aromatic heterocycles. The predicted molar refractivity (Wildman–Crippen MR) is 110 cm³/mol. The summed E-state index contributed by atoms with van der Waals surface area (Å²) in [5, 5.41) is 0. The highest BCUT2D eigenvalue weighted by atomic mass is 31.2. The number of rotatable bonds is 5. The number of aromatic nitrogens is 2. The number of nitrogens with zero attached hydrogens (tertiary/aromatic N) is 2. The molecule has 2 aliphatic rings. The Bertz CT molecular complexity index is 920. The molecule has 2 aliphatic heterocycles. The highest BCUT2D eigenvalue weighted by Crippen LogP contribution is 2.58. The fourth-order valence-corrected chi connectivity index (χ4v) is 5.42. The second-order valence-electron chi connectivity index (χ2n) is 10.3. The van der Waals surface area contributed by atoms with Gasteiger partial charge in [-0.2, -0.15) is 4.98 Å². The summed E-state index contributed by atoms with van der Waals surface area (Å²) in [5.41, 5.74) is 3.62. The molecule has 2 bridgehead atoms. The van der Waals surface area contributed by atoms with Gasteiger partial charge in [-0.25, -0.2) is 9.36 Å². The molecule has 5 atom stereocenters. The maximum Gasteiger partial charge on any atom is 0.473 e. The van der Waals surface area contributed by atoms with Crippen LogP contribution in [0.25, 0.3) is 0 Å². The van der Waals surface area contributed by atoms with E-state index in [1.54, 1.807) is 33.9 Å². The number of hydrogen-bond acceptors (Lipinski definition) is 8. The van der Waals surface area contributed by atoms with Crippen molar-refractivity contribution in [2.24, 2.45) is 5.41 Å². The molecule has 30 heavy (non-hydrogen) atoms. The van der Waals surface area contributed by atoms with E-state index in [1.807, 2.05) is 20.8 Å². The van der Waals surface area contributed by atoms with Gasteiger partial charge < -0.3 is 20.1 Å². The first-order chi connectivity index (χ1) is 13.5. The summed E-state index contributed by atoms with van der Waals surface area (Å²) < 4.78 is 37.2. The first-order valence-electron chi connectivity index (χ1n) is 9.89. The molecule has 3 N–H and O–H groups in total. The van der Waals surface area contributed by atoms with Crippen LogP contribution in [0.3, 0.4) is 0 Å². The molecule has 2 saturated heterocycles. The second-order valence-corrected chi connectivity index (χ2v) is 11.6. The third-order valence-electron chi connectivity index (χ3n) is 4.89. The van der Waals surface area contributed by atoms with E-state index in [4.69, 9.17) is 24.3 Å². The van der Waals surface area contributed by atoms with Crippen LogP contribution < -0.4 is 11.4 Å². The molecule has 3 heterocycles. The van der Waals surface area contributed by atoms with Gasteiger partial charge in [0.25, 0.3) is 0 Å². The van der Waals surface area contributed by atoms with Crippen molar-refractivity contribution >= 4 is 13.6 Å². The lowest BCUT2D eigenvalue weighted by atomic mass is 9.80. The van der Waals surface area contributed by atoms with Crippen molar-refractivity contribution < 1.29 is 28.0 Å². The van der Waals surface area contributed by atoms with E-state index in [0.717, 1.165) is 0 Å². The molecule has 1 aromatic rings. The monoisotopic (exact) mass is 445 g/mol. The minimum absolute atomic E-state index is 0.135. The molecular weight excluding hydrogens is 413 g/mol. The van der Waals surface area contributed by atoms with E-state index < -0.39 is 43.2 Å². The van der Waals surface area contributed by atoms with Crippen molar-refractivity contribution in [1.29, 1.82) is 0 Å². The van der Waals surface area contributed by atoms with Crippen LogP contribution in [0.15, 0.2) is 11.0 Å². The fourth-order valence-electron chi connectivity index (χ4n) is 4.08. The molecule has 0 spiro atoms. The van der Waals surface area contributed by atoms with Gasteiger partial charge in [0.1, 0.15) is 23.6 Å². The van der Waals surface area contributed by atoms with E-state index >= 15 is 0 Å². The molecule has 170 valence electrons. The highest BCUT2D eigenvalue weighted by molar-refractivity contribution is 7.47. The zero-order chi connectivity index (χ0) is 22.7.